The van der Waals surface area contributed by atoms with Gasteiger partial charge in [0.1, 0.15) is 0 Å². The molecular formula is C57H37N3. The second kappa shape index (κ2) is 15.1. The molecule has 0 fully saturated rings. The Morgan fingerprint density at radius 1 is 0.167 bits per heavy atom. The van der Waals surface area contributed by atoms with Gasteiger partial charge >= 0.3 is 0 Å². The lowest BCUT2D eigenvalue weighted by molar-refractivity contribution is 1.07. The second-order valence-corrected chi connectivity index (χ2v) is 15.1. The molecule has 0 saturated heterocycles. The van der Waals surface area contributed by atoms with Gasteiger partial charge < -0.3 is 0 Å². The lowest BCUT2D eigenvalue weighted by Crippen LogP contribution is -2.00. The number of benzene rings is 9. The summed E-state index contributed by atoms with van der Waals surface area (Å²) in [6.07, 6.45) is 0. The van der Waals surface area contributed by atoms with Gasteiger partial charge in [-0.15, -0.1) is 0 Å². The van der Waals surface area contributed by atoms with Gasteiger partial charge in [-0.3, -0.25) is 0 Å². The van der Waals surface area contributed by atoms with Crippen molar-refractivity contribution in [3.05, 3.63) is 224 Å². The van der Waals surface area contributed by atoms with E-state index in [2.05, 4.69) is 212 Å². The van der Waals surface area contributed by atoms with Crippen LogP contribution in [0.2, 0.25) is 0 Å². The molecular weight excluding hydrogens is 727 g/mol. The average Bonchev–Trinajstić information content (AvgIpc) is 3.34. The Hall–Kier alpha value is -8.01. The van der Waals surface area contributed by atoms with E-state index in [1.54, 1.807) is 0 Å². The highest BCUT2D eigenvalue weighted by Crippen LogP contribution is 2.38. The minimum absolute atomic E-state index is 0.616. The average molecular weight is 764 g/mol. The Labute approximate surface area is 348 Å². The molecule has 1 aromatic heterocycles. The molecule has 0 aliphatic rings. The van der Waals surface area contributed by atoms with E-state index in [0.29, 0.717) is 17.5 Å². The molecule has 0 N–H and O–H groups in total. The summed E-state index contributed by atoms with van der Waals surface area (Å²) in [6.45, 7) is 0. The van der Waals surface area contributed by atoms with Crippen LogP contribution in [-0.2, 0) is 0 Å². The summed E-state index contributed by atoms with van der Waals surface area (Å²) in [7, 11) is 0. The molecule has 0 atom stereocenters. The molecule has 10 aromatic carbocycles. The van der Waals surface area contributed by atoms with Gasteiger partial charge in [0.25, 0.3) is 0 Å². The first-order valence-corrected chi connectivity index (χ1v) is 20.4. The summed E-state index contributed by atoms with van der Waals surface area (Å²) >= 11 is 0. The monoisotopic (exact) mass is 763 g/mol. The quantitative estimate of drug-likeness (QED) is 0.175. The molecule has 0 radical (unpaired) electrons. The third-order valence-electron chi connectivity index (χ3n) is 11.6. The van der Waals surface area contributed by atoms with E-state index in [9.17, 15) is 0 Å². The Kier molecular flexibility index (Phi) is 8.83. The molecule has 1 heterocycles. The Morgan fingerprint density at radius 3 is 0.750 bits per heavy atom. The van der Waals surface area contributed by atoms with Crippen molar-refractivity contribution >= 4 is 53.9 Å². The molecule has 0 saturated carbocycles. The third kappa shape index (κ3) is 6.39. The summed E-state index contributed by atoms with van der Waals surface area (Å²) in [4.78, 5) is 15.6. The lowest BCUT2D eigenvalue weighted by atomic mass is 9.94. The third-order valence-corrected chi connectivity index (χ3v) is 11.6. The molecule has 0 aliphatic carbocycles. The molecule has 0 unspecified atom stereocenters. The number of hydrogen-bond donors (Lipinski definition) is 0. The lowest BCUT2D eigenvalue weighted by Gasteiger charge is -2.12. The van der Waals surface area contributed by atoms with E-state index in [-0.39, 0.29) is 0 Å². The van der Waals surface area contributed by atoms with E-state index in [1.807, 2.05) is 12.1 Å². The second-order valence-electron chi connectivity index (χ2n) is 15.1. The molecule has 0 bridgehead atoms. The summed E-state index contributed by atoms with van der Waals surface area (Å²) in [5.41, 5.74) is 7.38. The number of nitrogens with zero attached hydrogens (tertiary/aromatic N) is 3. The molecule has 3 heteroatoms. The molecule has 11 rings (SSSR count). The smallest absolute Gasteiger partial charge is 0.164 e. The molecule has 3 nitrogen and oxygen atoms in total. The first-order chi connectivity index (χ1) is 29.7. The summed E-state index contributed by atoms with van der Waals surface area (Å²) in [5, 5.41) is 11.8. The van der Waals surface area contributed by atoms with Crippen molar-refractivity contribution in [3.8, 4) is 56.4 Å². The van der Waals surface area contributed by atoms with Crippen LogP contribution in [0.4, 0.5) is 0 Å². The summed E-state index contributed by atoms with van der Waals surface area (Å²) < 4.78 is 0. The van der Waals surface area contributed by atoms with E-state index in [0.717, 1.165) is 44.0 Å². The highest BCUT2D eigenvalue weighted by molar-refractivity contribution is 6.26. The van der Waals surface area contributed by atoms with Gasteiger partial charge in [-0.2, -0.15) is 0 Å². The van der Waals surface area contributed by atoms with Gasteiger partial charge in [0.2, 0.25) is 0 Å². The number of hydrogen-bond acceptors (Lipinski definition) is 3. The molecule has 0 amide bonds. The fraction of sp³-hybridized carbons (Fsp3) is 0. The van der Waals surface area contributed by atoms with Gasteiger partial charge in [-0.1, -0.05) is 218 Å². The van der Waals surface area contributed by atoms with Crippen molar-refractivity contribution in [2.45, 2.75) is 0 Å². The van der Waals surface area contributed by atoms with Gasteiger partial charge in [-0.05, 0) is 82.2 Å². The predicted molar refractivity (Wildman–Crippen MR) is 252 cm³/mol. The molecule has 0 aliphatic heterocycles. The van der Waals surface area contributed by atoms with E-state index < -0.39 is 0 Å². The normalized spacial score (nSPS) is 11.3. The van der Waals surface area contributed by atoms with Crippen LogP contribution in [0.3, 0.4) is 0 Å². The fourth-order valence-electron chi connectivity index (χ4n) is 8.60. The van der Waals surface area contributed by atoms with E-state index in [1.165, 1.54) is 48.8 Å². The maximum absolute atomic E-state index is 5.24. The van der Waals surface area contributed by atoms with Crippen molar-refractivity contribution in [2.75, 3.05) is 0 Å². The minimum atomic E-state index is 0.616. The summed E-state index contributed by atoms with van der Waals surface area (Å²) in [5.74, 6) is 1.86. The largest absolute Gasteiger partial charge is 0.208 e. The van der Waals surface area contributed by atoms with Crippen molar-refractivity contribution in [2.24, 2.45) is 0 Å². The Bertz CT molecular complexity index is 3270. The van der Waals surface area contributed by atoms with Crippen LogP contribution >= 0.6 is 0 Å². The zero-order valence-electron chi connectivity index (χ0n) is 32.7. The first kappa shape index (κ1) is 35.2. The van der Waals surface area contributed by atoms with Gasteiger partial charge in [0, 0.05) is 16.7 Å². The predicted octanol–water partition coefficient (Wildman–Crippen LogP) is 15.1. The fourth-order valence-corrected chi connectivity index (χ4v) is 8.60. The maximum atomic E-state index is 5.24. The Morgan fingerprint density at radius 2 is 0.400 bits per heavy atom. The van der Waals surface area contributed by atoms with E-state index in [4.69, 9.17) is 15.0 Å². The summed E-state index contributed by atoms with van der Waals surface area (Å²) in [6, 6.07) is 79.7. The van der Waals surface area contributed by atoms with Crippen molar-refractivity contribution in [1.29, 1.82) is 0 Å². The van der Waals surface area contributed by atoms with Crippen LogP contribution in [0.5, 0.6) is 0 Å². The molecule has 0 spiro atoms. The zero-order chi connectivity index (χ0) is 39.8. The van der Waals surface area contributed by atoms with Crippen LogP contribution in [0.15, 0.2) is 224 Å². The number of rotatable bonds is 5. The van der Waals surface area contributed by atoms with Crippen LogP contribution < -0.4 is 0 Å². The first-order valence-electron chi connectivity index (χ1n) is 20.4. The zero-order valence-corrected chi connectivity index (χ0v) is 32.7. The van der Waals surface area contributed by atoms with Crippen LogP contribution in [0.25, 0.3) is 110 Å². The van der Waals surface area contributed by atoms with Crippen molar-refractivity contribution < 1.29 is 0 Å². The highest BCUT2D eigenvalue weighted by atomic mass is 15.0. The highest BCUT2D eigenvalue weighted by Gasteiger charge is 2.15. The van der Waals surface area contributed by atoms with Gasteiger partial charge in [-0.25, -0.2) is 15.0 Å². The van der Waals surface area contributed by atoms with Crippen LogP contribution in [0, 0.1) is 0 Å². The Balaban J connectivity index is 1.18. The molecule has 11 aromatic rings. The number of fused-ring (bicyclic) bond motifs is 10. The van der Waals surface area contributed by atoms with Crippen LogP contribution in [0.1, 0.15) is 0 Å². The van der Waals surface area contributed by atoms with Gasteiger partial charge in [0.05, 0.1) is 0 Å². The maximum Gasteiger partial charge on any atom is 0.164 e. The standard InChI is InChI=1S/C57H37N3/c1-3-15-38(16-4-1)40-27-31-42(32-28-40)55-58-56(43-33-29-41(30-34-43)39-17-5-2-6-18-39)60-57(59-55)44-35-36-53-51-25-12-11-23-49(51)47-21-8-7-19-45(47)46-20-9-10-22-48(46)50-24-13-14-26-52(50)54(53)37-44/h1-37H. The van der Waals surface area contributed by atoms with Crippen LogP contribution in [-0.4, -0.2) is 15.0 Å². The molecule has 60 heavy (non-hydrogen) atoms. The van der Waals surface area contributed by atoms with Crippen molar-refractivity contribution in [1.82, 2.24) is 15.0 Å². The topological polar surface area (TPSA) is 38.7 Å². The van der Waals surface area contributed by atoms with Gasteiger partial charge in [0.15, 0.2) is 17.5 Å². The number of aromatic nitrogens is 3. The van der Waals surface area contributed by atoms with E-state index >= 15 is 0 Å². The molecule has 280 valence electrons. The minimum Gasteiger partial charge on any atom is -0.208 e. The SMILES string of the molecule is c1ccc(-c2ccc(-c3nc(-c4ccc(-c5ccccc5)cc4)nc(-c4ccc5c6ccccc6c6ccccc6c6ccccc6c6ccccc6c5c4)n3)cc2)cc1. The van der Waals surface area contributed by atoms with Crippen molar-refractivity contribution in [3.63, 3.8) is 0 Å².